The average molecular weight is 571 g/mol. The molecule has 0 fully saturated rings. The van der Waals surface area contributed by atoms with E-state index >= 15 is 0 Å². The molecule has 39 heavy (non-hydrogen) atoms. The molecule has 0 aromatic rings. The Balaban J connectivity index is 4.64. The Morgan fingerprint density at radius 2 is 1.26 bits per heavy atom. The summed E-state index contributed by atoms with van der Waals surface area (Å²) in [6.07, 6.45) is 22.2. The van der Waals surface area contributed by atoms with Crippen molar-refractivity contribution in [3.63, 3.8) is 0 Å². The Labute approximate surface area is 245 Å². The average Bonchev–Trinajstić information content (AvgIpc) is 2.90. The molecule has 0 atom stereocenters. The van der Waals surface area contributed by atoms with Crippen LogP contribution in [-0.2, 0) is 14.3 Å². The second-order valence-corrected chi connectivity index (χ2v) is 12.3. The van der Waals surface area contributed by atoms with Crippen molar-refractivity contribution in [2.45, 2.75) is 148 Å². The summed E-state index contributed by atoms with van der Waals surface area (Å²) in [7, 11) is 4.02. The van der Waals surface area contributed by atoms with Crippen molar-refractivity contribution in [2.75, 3.05) is 39.5 Å². The van der Waals surface area contributed by atoms with E-state index in [1.807, 2.05) is 19.0 Å². The lowest BCUT2D eigenvalue weighted by Crippen LogP contribution is -2.31. The molecular weight excluding hydrogens is 508 g/mol. The van der Waals surface area contributed by atoms with Gasteiger partial charge in [0.15, 0.2) is 0 Å². The number of rotatable bonds is 28. The Morgan fingerprint density at radius 3 is 1.82 bits per heavy atom. The van der Waals surface area contributed by atoms with E-state index in [0.29, 0.717) is 32.4 Å². The number of ether oxygens (including phenoxy) is 1. The monoisotopic (exact) mass is 570 g/mol. The van der Waals surface area contributed by atoms with Crippen molar-refractivity contribution >= 4 is 29.3 Å². The maximum Gasteiger partial charge on any atom is 0.306 e. The molecule has 0 spiro atoms. The van der Waals surface area contributed by atoms with Crippen LogP contribution in [0.2, 0.25) is 0 Å². The molecule has 0 aromatic carbocycles. The highest BCUT2D eigenvalue weighted by atomic mass is 32.2. The summed E-state index contributed by atoms with van der Waals surface area (Å²) in [4.78, 5) is 40.1. The Hall–Kier alpha value is -1.08. The minimum Gasteiger partial charge on any atom is -0.462 e. The molecule has 0 aliphatic carbocycles. The molecule has 0 saturated carbocycles. The fourth-order valence-corrected chi connectivity index (χ4v) is 5.63. The van der Waals surface area contributed by atoms with Gasteiger partial charge >= 0.3 is 5.97 Å². The number of unbranched alkanes of at least 4 members (excludes halogenated alkanes) is 13. The second kappa shape index (κ2) is 28.4. The summed E-state index contributed by atoms with van der Waals surface area (Å²) in [6.45, 7) is 6.60. The topological polar surface area (TPSA) is 66.9 Å². The summed E-state index contributed by atoms with van der Waals surface area (Å²) in [5.74, 6) is 0.643. The van der Waals surface area contributed by atoms with Crippen LogP contribution in [0.1, 0.15) is 142 Å². The fraction of sp³-hybridized carbons (Fsp3) is 0.906. The highest BCUT2D eigenvalue weighted by Crippen LogP contribution is 2.18. The maximum atomic E-state index is 12.8. The minimum absolute atomic E-state index is 0.0343. The first-order valence-corrected chi connectivity index (χ1v) is 17.1. The van der Waals surface area contributed by atoms with Crippen LogP contribution >= 0.6 is 11.8 Å². The number of carbonyl (C=O) groups is 3. The number of carbonyl (C=O) groups excluding carboxylic acids is 3. The highest BCUT2D eigenvalue weighted by molar-refractivity contribution is 8.13. The molecule has 1 amide bonds. The van der Waals surface area contributed by atoms with Crippen LogP contribution in [0.5, 0.6) is 0 Å². The van der Waals surface area contributed by atoms with Gasteiger partial charge in [-0.15, -0.1) is 0 Å². The molecule has 0 unspecified atom stereocenters. The van der Waals surface area contributed by atoms with Crippen molar-refractivity contribution in [3.05, 3.63) is 0 Å². The van der Waals surface area contributed by atoms with Crippen LogP contribution in [0.4, 0.5) is 4.79 Å². The van der Waals surface area contributed by atoms with E-state index in [2.05, 4.69) is 18.7 Å². The van der Waals surface area contributed by atoms with Crippen LogP contribution in [0.15, 0.2) is 0 Å². The van der Waals surface area contributed by atoms with E-state index < -0.39 is 0 Å². The third-order valence-electron chi connectivity index (χ3n) is 7.14. The van der Waals surface area contributed by atoms with E-state index in [1.165, 1.54) is 76.0 Å². The van der Waals surface area contributed by atoms with Gasteiger partial charge in [-0.25, -0.2) is 0 Å². The fourth-order valence-electron chi connectivity index (χ4n) is 4.63. The lowest BCUT2D eigenvalue weighted by molar-refractivity contribution is -0.150. The standard InChI is InChI=1S/C32H62N2O4S/c1-5-7-9-11-13-17-22-30(23-18-14-12-10-8-6-2)38-31(36)24-21-26-34(25-19-15-16-20-28-35)32(37)39-29-27-33(3)4/h28,30H,5-27,29H2,1-4H3. The smallest absolute Gasteiger partial charge is 0.306 e. The van der Waals surface area contributed by atoms with Gasteiger partial charge in [-0.1, -0.05) is 96.2 Å². The first-order chi connectivity index (χ1) is 18.9. The summed E-state index contributed by atoms with van der Waals surface area (Å²) < 4.78 is 5.98. The van der Waals surface area contributed by atoms with E-state index in [-0.39, 0.29) is 17.3 Å². The van der Waals surface area contributed by atoms with Gasteiger partial charge in [-0.3, -0.25) is 9.59 Å². The number of hydrogen-bond acceptors (Lipinski definition) is 6. The predicted molar refractivity (Wildman–Crippen MR) is 168 cm³/mol. The van der Waals surface area contributed by atoms with Gasteiger partial charge in [0.2, 0.25) is 0 Å². The van der Waals surface area contributed by atoms with Gasteiger partial charge < -0.3 is 19.3 Å². The van der Waals surface area contributed by atoms with Gasteiger partial charge in [0.1, 0.15) is 12.4 Å². The third kappa shape index (κ3) is 25.6. The predicted octanol–water partition coefficient (Wildman–Crippen LogP) is 8.66. The number of thioether (sulfide) groups is 1. The SMILES string of the molecule is CCCCCCCCC(CCCCCCCC)OC(=O)CCCN(CCCCCC=O)C(=O)SCCN(C)C. The molecule has 0 saturated heterocycles. The summed E-state index contributed by atoms with van der Waals surface area (Å²) in [6, 6.07) is 0. The second-order valence-electron chi connectivity index (χ2n) is 11.2. The number of nitrogens with zero attached hydrogens (tertiary/aromatic N) is 2. The van der Waals surface area contributed by atoms with Crippen molar-refractivity contribution in [1.82, 2.24) is 9.80 Å². The molecule has 0 aromatic heterocycles. The van der Waals surface area contributed by atoms with Crippen LogP contribution < -0.4 is 0 Å². The Kier molecular flexibility index (Phi) is 27.7. The van der Waals surface area contributed by atoms with E-state index in [9.17, 15) is 14.4 Å². The summed E-state index contributed by atoms with van der Waals surface area (Å²) >= 11 is 1.36. The van der Waals surface area contributed by atoms with Crippen LogP contribution in [-0.4, -0.2) is 72.9 Å². The Morgan fingerprint density at radius 1 is 0.718 bits per heavy atom. The quantitative estimate of drug-likeness (QED) is 0.0533. The maximum absolute atomic E-state index is 12.8. The normalized spacial score (nSPS) is 11.3. The van der Waals surface area contributed by atoms with Crippen LogP contribution in [0.3, 0.4) is 0 Å². The first kappa shape index (κ1) is 37.9. The van der Waals surface area contributed by atoms with Crippen molar-refractivity contribution < 1.29 is 19.1 Å². The van der Waals surface area contributed by atoms with Gasteiger partial charge in [0.05, 0.1) is 0 Å². The van der Waals surface area contributed by atoms with Gasteiger partial charge in [0.25, 0.3) is 5.24 Å². The summed E-state index contributed by atoms with van der Waals surface area (Å²) in [5.41, 5.74) is 0. The molecule has 0 bridgehead atoms. The summed E-state index contributed by atoms with van der Waals surface area (Å²) in [5, 5.41) is 0.0876. The van der Waals surface area contributed by atoms with Gasteiger partial charge in [0, 0.05) is 38.2 Å². The number of aldehydes is 1. The zero-order valence-corrected chi connectivity index (χ0v) is 26.9. The molecule has 0 aliphatic rings. The highest BCUT2D eigenvalue weighted by Gasteiger charge is 2.17. The van der Waals surface area contributed by atoms with Crippen molar-refractivity contribution in [3.8, 4) is 0 Å². The first-order valence-electron chi connectivity index (χ1n) is 16.1. The zero-order chi connectivity index (χ0) is 29.0. The van der Waals surface area contributed by atoms with E-state index in [4.69, 9.17) is 4.74 Å². The van der Waals surface area contributed by atoms with Crippen molar-refractivity contribution in [2.24, 2.45) is 0 Å². The van der Waals surface area contributed by atoms with Crippen LogP contribution in [0, 0.1) is 0 Å². The zero-order valence-electron chi connectivity index (χ0n) is 26.1. The molecule has 0 radical (unpaired) electrons. The molecule has 0 aliphatic heterocycles. The van der Waals surface area contributed by atoms with E-state index in [0.717, 1.165) is 63.5 Å². The lowest BCUT2D eigenvalue weighted by Gasteiger charge is -2.23. The van der Waals surface area contributed by atoms with E-state index in [1.54, 1.807) is 0 Å². The van der Waals surface area contributed by atoms with Gasteiger partial charge in [-0.2, -0.15) is 0 Å². The molecule has 0 N–H and O–H groups in total. The molecule has 6 nitrogen and oxygen atoms in total. The molecule has 230 valence electrons. The minimum atomic E-state index is -0.115. The van der Waals surface area contributed by atoms with Gasteiger partial charge in [-0.05, 0) is 59.0 Å². The number of hydrogen-bond donors (Lipinski definition) is 0. The number of amides is 1. The largest absolute Gasteiger partial charge is 0.462 e. The lowest BCUT2D eigenvalue weighted by atomic mass is 10.0. The molecule has 0 heterocycles. The molecular formula is C32H62N2O4S. The van der Waals surface area contributed by atoms with Crippen LogP contribution in [0.25, 0.3) is 0 Å². The third-order valence-corrected chi connectivity index (χ3v) is 8.03. The molecule has 7 heteroatoms. The Bertz CT molecular complexity index is 573. The number of esters is 1. The molecule has 0 rings (SSSR count). The van der Waals surface area contributed by atoms with Crippen molar-refractivity contribution in [1.29, 1.82) is 0 Å².